The third-order valence-electron chi connectivity index (χ3n) is 3.09. The van der Waals surface area contributed by atoms with E-state index in [-0.39, 0.29) is 5.54 Å². The quantitative estimate of drug-likeness (QED) is 0.906. The molecule has 2 aromatic rings. The van der Waals surface area contributed by atoms with Gasteiger partial charge in [-0.2, -0.15) is 0 Å². The Balaban J connectivity index is 2.47. The van der Waals surface area contributed by atoms with Crippen LogP contribution in [0.5, 0.6) is 5.75 Å². The predicted octanol–water partition coefficient (Wildman–Crippen LogP) is 3.97. The number of nitrogens with two attached hydrogens (primary N) is 1. The minimum absolute atomic E-state index is 0.348. The van der Waals surface area contributed by atoms with Crippen molar-refractivity contribution in [3.05, 3.63) is 34.8 Å². The Hall–Kier alpha value is -1.39. The van der Waals surface area contributed by atoms with Crippen LogP contribution in [0, 0.1) is 0 Å². The summed E-state index contributed by atoms with van der Waals surface area (Å²) in [5.41, 5.74) is 8.15. The van der Waals surface area contributed by atoms with Crippen LogP contribution in [0.25, 0.3) is 10.6 Å². The molecule has 0 aliphatic heterocycles. The Labute approximate surface area is 124 Å². The number of hydrogen-bond acceptors (Lipinski definition) is 4. The SMILES string of the molecule is CCCc1nc(-c2cccc(OC)c2)sc1C(C)(C)N. The number of benzene rings is 1. The summed E-state index contributed by atoms with van der Waals surface area (Å²) in [4.78, 5) is 5.97. The minimum atomic E-state index is -0.348. The molecular weight excluding hydrogens is 268 g/mol. The molecule has 108 valence electrons. The molecule has 2 rings (SSSR count). The van der Waals surface area contributed by atoms with Crippen molar-refractivity contribution in [2.45, 2.75) is 39.2 Å². The summed E-state index contributed by atoms with van der Waals surface area (Å²) in [5, 5.41) is 1.01. The first kappa shape index (κ1) is 15.0. The second-order valence-corrected chi connectivity index (χ2v) is 6.50. The van der Waals surface area contributed by atoms with E-state index in [1.54, 1.807) is 18.4 Å². The molecular formula is C16H22N2OS. The molecule has 2 N–H and O–H groups in total. The van der Waals surface area contributed by atoms with Crippen molar-refractivity contribution in [3.8, 4) is 16.3 Å². The first-order valence-corrected chi connectivity index (χ1v) is 7.71. The Morgan fingerprint density at radius 1 is 1.35 bits per heavy atom. The van der Waals surface area contributed by atoms with E-state index in [9.17, 15) is 0 Å². The highest BCUT2D eigenvalue weighted by atomic mass is 32.1. The molecule has 20 heavy (non-hydrogen) atoms. The van der Waals surface area contributed by atoms with Gasteiger partial charge >= 0.3 is 0 Å². The second kappa shape index (κ2) is 5.94. The molecule has 0 spiro atoms. The topological polar surface area (TPSA) is 48.1 Å². The molecule has 4 heteroatoms. The van der Waals surface area contributed by atoms with Gasteiger partial charge in [0.15, 0.2) is 0 Å². The number of aromatic nitrogens is 1. The van der Waals surface area contributed by atoms with Crippen LogP contribution in [-0.4, -0.2) is 12.1 Å². The Morgan fingerprint density at radius 2 is 2.10 bits per heavy atom. The van der Waals surface area contributed by atoms with Crippen LogP contribution in [0.15, 0.2) is 24.3 Å². The van der Waals surface area contributed by atoms with Crippen molar-refractivity contribution in [1.29, 1.82) is 0 Å². The number of nitrogens with zero attached hydrogens (tertiary/aromatic N) is 1. The van der Waals surface area contributed by atoms with E-state index in [2.05, 4.69) is 13.0 Å². The summed E-state index contributed by atoms with van der Waals surface area (Å²) in [5.74, 6) is 0.850. The zero-order valence-electron chi connectivity index (χ0n) is 12.6. The molecule has 0 aliphatic carbocycles. The number of ether oxygens (including phenoxy) is 1. The van der Waals surface area contributed by atoms with Gasteiger partial charge in [0.05, 0.1) is 12.8 Å². The van der Waals surface area contributed by atoms with Crippen molar-refractivity contribution in [2.24, 2.45) is 5.73 Å². The van der Waals surface area contributed by atoms with Crippen LogP contribution in [0.1, 0.15) is 37.8 Å². The van der Waals surface area contributed by atoms with Gasteiger partial charge in [-0.1, -0.05) is 25.5 Å². The second-order valence-electron chi connectivity index (χ2n) is 5.50. The normalized spacial score (nSPS) is 11.7. The van der Waals surface area contributed by atoms with E-state index < -0.39 is 0 Å². The van der Waals surface area contributed by atoms with Crippen LogP contribution < -0.4 is 10.5 Å². The molecule has 0 unspecified atom stereocenters. The van der Waals surface area contributed by atoms with Crippen molar-refractivity contribution in [3.63, 3.8) is 0 Å². The number of hydrogen-bond donors (Lipinski definition) is 1. The molecule has 0 saturated carbocycles. The first-order valence-electron chi connectivity index (χ1n) is 6.89. The maximum atomic E-state index is 6.28. The van der Waals surface area contributed by atoms with Crippen LogP contribution in [-0.2, 0) is 12.0 Å². The van der Waals surface area contributed by atoms with Crippen LogP contribution in [0.2, 0.25) is 0 Å². The van der Waals surface area contributed by atoms with Gasteiger partial charge in [0.2, 0.25) is 0 Å². The van der Waals surface area contributed by atoms with Crippen molar-refractivity contribution in [2.75, 3.05) is 7.11 Å². The van der Waals surface area contributed by atoms with Gasteiger partial charge in [0.25, 0.3) is 0 Å². The minimum Gasteiger partial charge on any atom is -0.497 e. The van der Waals surface area contributed by atoms with Gasteiger partial charge in [0.1, 0.15) is 10.8 Å². The molecule has 0 radical (unpaired) electrons. The molecule has 0 fully saturated rings. The first-order chi connectivity index (χ1) is 9.45. The summed E-state index contributed by atoms with van der Waals surface area (Å²) in [6, 6.07) is 8.01. The van der Waals surface area contributed by atoms with Crippen LogP contribution in [0.4, 0.5) is 0 Å². The monoisotopic (exact) mass is 290 g/mol. The van der Waals surface area contributed by atoms with Gasteiger partial charge < -0.3 is 10.5 Å². The number of methoxy groups -OCH3 is 1. The molecule has 3 nitrogen and oxygen atoms in total. The van der Waals surface area contributed by atoms with Gasteiger partial charge in [-0.25, -0.2) is 4.98 Å². The third kappa shape index (κ3) is 3.19. The van der Waals surface area contributed by atoms with E-state index in [1.807, 2.05) is 32.0 Å². The van der Waals surface area contributed by atoms with Crippen molar-refractivity contribution in [1.82, 2.24) is 4.98 Å². The zero-order chi connectivity index (χ0) is 14.8. The average Bonchev–Trinajstić information content (AvgIpc) is 2.83. The van der Waals surface area contributed by atoms with Crippen molar-refractivity contribution >= 4 is 11.3 Å². The lowest BCUT2D eigenvalue weighted by Crippen LogP contribution is -2.28. The molecule has 0 saturated heterocycles. The molecule has 1 aromatic heterocycles. The fourth-order valence-corrected chi connectivity index (χ4v) is 3.26. The number of aryl methyl sites for hydroxylation is 1. The van der Waals surface area contributed by atoms with E-state index in [0.717, 1.165) is 34.9 Å². The lowest BCUT2D eigenvalue weighted by Gasteiger charge is -2.17. The molecule has 1 heterocycles. The molecule has 1 aromatic carbocycles. The molecule has 0 aliphatic rings. The van der Waals surface area contributed by atoms with Gasteiger partial charge in [-0.05, 0) is 32.4 Å². The van der Waals surface area contributed by atoms with E-state index in [4.69, 9.17) is 15.5 Å². The Kier molecular flexibility index (Phi) is 4.45. The summed E-state index contributed by atoms with van der Waals surface area (Å²) < 4.78 is 5.28. The fraction of sp³-hybridized carbons (Fsp3) is 0.438. The standard InChI is InChI=1S/C16H22N2OS/c1-5-7-13-14(16(2,3)17)20-15(18-13)11-8-6-9-12(10-11)19-4/h6,8-10H,5,7,17H2,1-4H3. The summed E-state index contributed by atoms with van der Waals surface area (Å²) in [7, 11) is 1.68. The maximum Gasteiger partial charge on any atom is 0.124 e. The van der Waals surface area contributed by atoms with E-state index in [1.165, 1.54) is 4.88 Å². The largest absolute Gasteiger partial charge is 0.497 e. The lowest BCUT2D eigenvalue weighted by molar-refractivity contribution is 0.415. The predicted molar refractivity (Wildman–Crippen MR) is 85.3 cm³/mol. The van der Waals surface area contributed by atoms with Gasteiger partial charge in [-0.15, -0.1) is 11.3 Å². The molecule has 0 bridgehead atoms. The van der Waals surface area contributed by atoms with Crippen LogP contribution >= 0.6 is 11.3 Å². The van der Waals surface area contributed by atoms with Crippen LogP contribution in [0.3, 0.4) is 0 Å². The van der Waals surface area contributed by atoms with E-state index in [0.29, 0.717) is 0 Å². The number of thiazole rings is 1. The fourth-order valence-electron chi connectivity index (χ4n) is 2.14. The zero-order valence-corrected chi connectivity index (χ0v) is 13.4. The highest BCUT2D eigenvalue weighted by Crippen LogP contribution is 2.35. The highest BCUT2D eigenvalue weighted by Gasteiger charge is 2.23. The van der Waals surface area contributed by atoms with Gasteiger partial charge in [0, 0.05) is 16.0 Å². The smallest absolute Gasteiger partial charge is 0.124 e. The Bertz CT molecular complexity index is 584. The Morgan fingerprint density at radius 3 is 2.70 bits per heavy atom. The molecule has 0 amide bonds. The highest BCUT2D eigenvalue weighted by molar-refractivity contribution is 7.15. The third-order valence-corrected chi connectivity index (χ3v) is 4.57. The number of rotatable bonds is 5. The summed E-state index contributed by atoms with van der Waals surface area (Å²) >= 11 is 1.69. The van der Waals surface area contributed by atoms with Gasteiger partial charge in [-0.3, -0.25) is 0 Å². The van der Waals surface area contributed by atoms with E-state index >= 15 is 0 Å². The average molecular weight is 290 g/mol. The maximum absolute atomic E-state index is 6.28. The van der Waals surface area contributed by atoms with Crippen molar-refractivity contribution < 1.29 is 4.74 Å². The molecule has 0 atom stereocenters. The summed E-state index contributed by atoms with van der Waals surface area (Å²) in [6.45, 7) is 6.24. The lowest BCUT2D eigenvalue weighted by atomic mass is 10.0. The summed E-state index contributed by atoms with van der Waals surface area (Å²) in [6.07, 6.45) is 2.04.